The van der Waals surface area contributed by atoms with E-state index in [1.807, 2.05) is 0 Å². The highest BCUT2D eigenvalue weighted by molar-refractivity contribution is 5.27. The van der Waals surface area contributed by atoms with Crippen molar-refractivity contribution in [2.75, 3.05) is 6.54 Å². The Bertz CT molecular complexity index is 352. The van der Waals surface area contributed by atoms with Crippen molar-refractivity contribution >= 4 is 0 Å². The quantitative estimate of drug-likeness (QED) is 0.746. The van der Waals surface area contributed by atoms with Gasteiger partial charge in [0, 0.05) is 24.0 Å². The fraction of sp³-hybridized carbons (Fsp3) is 0.647. The highest BCUT2D eigenvalue weighted by Crippen LogP contribution is 2.26. The van der Waals surface area contributed by atoms with Crippen LogP contribution in [-0.4, -0.2) is 23.5 Å². The van der Waals surface area contributed by atoms with E-state index in [1.54, 1.807) is 0 Å². The molecule has 0 aliphatic carbocycles. The van der Waals surface area contributed by atoms with Crippen molar-refractivity contribution in [2.45, 2.75) is 66.0 Å². The van der Waals surface area contributed by atoms with Gasteiger partial charge in [0.2, 0.25) is 0 Å². The van der Waals surface area contributed by atoms with Gasteiger partial charge in [-0.3, -0.25) is 4.90 Å². The number of nitrogens with zero attached hydrogens (tertiary/aromatic N) is 1. The molecule has 1 aromatic rings. The van der Waals surface area contributed by atoms with E-state index < -0.39 is 0 Å². The van der Waals surface area contributed by atoms with Crippen molar-refractivity contribution < 1.29 is 0 Å². The van der Waals surface area contributed by atoms with E-state index in [1.165, 1.54) is 11.1 Å². The number of hydrogen-bond donors (Lipinski definition) is 0. The summed E-state index contributed by atoms with van der Waals surface area (Å²) in [6.45, 7) is 17.1. The zero-order chi connectivity index (χ0) is 13.9. The van der Waals surface area contributed by atoms with E-state index >= 15 is 0 Å². The summed E-state index contributed by atoms with van der Waals surface area (Å²) in [7, 11) is 0. The molecule has 1 aromatic carbocycles. The van der Waals surface area contributed by atoms with Gasteiger partial charge in [0.1, 0.15) is 0 Å². The predicted molar refractivity (Wildman–Crippen MR) is 81.2 cm³/mol. The molecule has 1 nitrogen and oxygen atoms in total. The Kier molecular flexibility index (Phi) is 4.98. The SMILES string of the molecule is Cc1ccc(C(C)(C)CN(C(C)C)C(C)C)cc1. The Morgan fingerprint density at radius 3 is 1.78 bits per heavy atom. The van der Waals surface area contributed by atoms with E-state index in [4.69, 9.17) is 0 Å². The third-order valence-electron chi connectivity index (χ3n) is 3.74. The minimum absolute atomic E-state index is 0.197. The van der Waals surface area contributed by atoms with Gasteiger partial charge in [0.25, 0.3) is 0 Å². The molecule has 0 heterocycles. The third kappa shape index (κ3) is 3.84. The summed E-state index contributed by atoms with van der Waals surface area (Å²) < 4.78 is 0. The molecule has 1 heteroatoms. The number of aryl methyl sites for hydroxylation is 1. The van der Waals surface area contributed by atoms with Crippen molar-refractivity contribution in [2.24, 2.45) is 0 Å². The van der Waals surface area contributed by atoms with Crippen molar-refractivity contribution in [3.05, 3.63) is 35.4 Å². The predicted octanol–water partition coefficient (Wildman–Crippen LogP) is 4.39. The first kappa shape index (κ1) is 15.2. The van der Waals surface area contributed by atoms with Crippen LogP contribution in [0.25, 0.3) is 0 Å². The van der Waals surface area contributed by atoms with Crippen LogP contribution in [0.3, 0.4) is 0 Å². The van der Waals surface area contributed by atoms with Crippen LogP contribution < -0.4 is 0 Å². The summed E-state index contributed by atoms with van der Waals surface area (Å²) in [6.07, 6.45) is 0. The molecular formula is C17H29N. The molecule has 0 amide bonds. The highest BCUT2D eigenvalue weighted by atomic mass is 15.2. The van der Waals surface area contributed by atoms with Crippen molar-refractivity contribution in [1.82, 2.24) is 4.90 Å². The second kappa shape index (κ2) is 5.88. The average molecular weight is 247 g/mol. The Balaban J connectivity index is 2.89. The molecule has 0 saturated heterocycles. The van der Waals surface area contributed by atoms with Crippen molar-refractivity contribution in [3.63, 3.8) is 0 Å². The van der Waals surface area contributed by atoms with Gasteiger partial charge < -0.3 is 0 Å². The Hall–Kier alpha value is -0.820. The molecule has 0 aliphatic rings. The molecule has 18 heavy (non-hydrogen) atoms. The molecule has 102 valence electrons. The van der Waals surface area contributed by atoms with E-state index in [0.29, 0.717) is 12.1 Å². The van der Waals surface area contributed by atoms with Gasteiger partial charge in [-0.25, -0.2) is 0 Å². The lowest BCUT2D eigenvalue weighted by atomic mass is 9.83. The van der Waals surface area contributed by atoms with E-state index in [0.717, 1.165) is 6.54 Å². The molecule has 0 bridgehead atoms. The largest absolute Gasteiger partial charge is 0.298 e. The van der Waals surface area contributed by atoms with Gasteiger partial charge in [-0.15, -0.1) is 0 Å². The summed E-state index contributed by atoms with van der Waals surface area (Å²) in [5, 5.41) is 0. The van der Waals surface area contributed by atoms with Crippen molar-refractivity contribution in [3.8, 4) is 0 Å². The lowest BCUT2D eigenvalue weighted by Gasteiger charge is -2.38. The number of hydrogen-bond acceptors (Lipinski definition) is 1. The van der Waals surface area contributed by atoms with E-state index in [-0.39, 0.29) is 5.41 Å². The highest BCUT2D eigenvalue weighted by Gasteiger charge is 2.26. The van der Waals surface area contributed by atoms with Crippen LogP contribution in [0.1, 0.15) is 52.7 Å². The van der Waals surface area contributed by atoms with Crippen LogP contribution in [0.2, 0.25) is 0 Å². The normalized spacial score (nSPS) is 12.8. The number of rotatable bonds is 5. The first-order chi connectivity index (χ1) is 8.24. The summed E-state index contributed by atoms with van der Waals surface area (Å²) in [4.78, 5) is 2.57. The minimum atomic E-state index is 0.197. The summed E-state index contributed by atoms with van der Waals surface area (Å²) in [6, 6.07) is 10.2. The smallest absolute Gasteiger partial charge is 0.00787 e. The fourth-order valence-electron chi connectivity index (χ4n) is 2.51. The van der Waals surface area contributed by atoms with Gasteiger partial charge in [-0.05, 0) is 40.2 Å². The molecular weight excluding hydrogens is 218 g/mol. The second-order valence-electron chi connectivity index (χ2n) is 6.61. The van der Waals surface area contributed by atoms with Gasteiger partial charge in [-0.2, -0.15) is 0 Å². The van der Waals surface area contributed by atoms with Crippen LogP contribution in [0, 0.1) is 6.92 Å². The zero-order valence-electron chi connectivity index (χ0n) is 13.1. The van der Waals surface area contributed by atoms with Crippen LogP contribution in [0.15, 0.2) is 24.3 Å². The molecule has 0 aromatic heterocycles. The standard InChI is InChI=1S/C17H29N/c1-13(2)18(14(3)4)12-17(6,7)16-10-8-15(5)9-11-16/h8-11,13-14H,12H2,1-7H3. The Morgan fingerprint density at radius 2 is 1.39 bits per heavy atom. The maximum absolute atomic E-state index is 2.57. The average Bonchev–Trinajstić information content (AvgIpc) is 2.26. The molecule has 0 atom stereocenters. The Labute approximate surface area is 113 Å². The molecule has 0 unspecified atom stereocenters. The second-order valence-corrected chi connectivity index (χ2v) is 6.61. The summed E-state index contributed by atoms with van der Waals surface area (Å²) >= 11 is 0. The first-order valence-corrected chi connectivity index (χ1v) is 7.07. The summed E-state index contributed by atoms with van der Waals surface area (Å²) in [5.41, 5.74) is 2.96. The van der Waals surface area contributed by atoms with Crippen LogP contribution >= 0.6 is 0 Å². The van der Waals surface area contributed by atoms with Crippen LogP contribution in [0.5, 0.6) is 0 Å². The van der Waals surface area contributed by atoms with Crippen molar-refractivity contribution in [1.29, 1.82) is 0 Å². The molecule has 0 N–H and O–H groups in total. The molecule has 0 saturated carbocycles. The molecule has 0 spiro atoms. The van der Waals surface area contributed by atoms with Gasteiger partial charge in [-0.1, -0.05) is 43.7 Å². The van der Waals surface area contributed by atoms with Gasteiger partial charge >= 0.3 is 0 Å². The third-order valence-corrected chi connectivity index (χ3v) is 3.74. The molecule has 0 fully saturated rings. The summed E-state index contributed by atoms with van der Waals surface area (Å²) in [5.74, 6) is 0. The van der Waals surface area contributed by atoms with E-state index in [2.05, 4.69) is 77.6 Å². The van der Waals surface area contributed by atoms with Gasteiger partial charge in [0.05, 0.1) is 0 Å². The lowest BCUT2D eigenvalue weighted by molar-refractivity contribution is 0.141. The van der Waals surface area contributed by atoms with Gasteiger partial charge in [0.15, 0.2) is 0 Å². The maximum Gasteiger partial charge on any atom is 0.00787 e. The molecule has 0 aliphatic heterocycles. The Morgan fingerprint density at radius 1 is 0.944 bits per heavy atom. The minimum Gasteiger partial charge on any atom is -0.298 e. The first-order valence-electron chi connectivity index (χ1n) is 7.07. The van der Waals surface area contributed by atoms with Crippen LogP contribution in [-0.2, 0) is 5.41 Å². The zero-order valence-corrected chi connectivity index (χ0v) is 13.1. The van der Waals surface area contributed by atoms with Crippen LogP contribution in [0.4, 0.5) is 0 Å². The monoisotopic (exact) mass is 247 g/mol. The fourth-order valence-corrected chi connectivity index (χ4v) is 2.51. The molecule has 0 radical (unpaired) electrons. The van der Waals surface area contributed by atoms with E-state index in [9.17, 15) is 0 Å². The maximum atomic E-state index is 2.57. The lowest BCUT2D eigenvalue weighted by Crippen LogP contribution is -2.44. The topological polar surface area (TPSA) is 3.24 Å². The number of benzene rings is 1. The molecule has 1 rings (SSSR count).